The number of hydrogen-bond acceptors (Lipinski definition) is 7. The number of benzene rings is 1. The number of carbonyl (C=O) groups excluding carboxylic acids is 1. The van der Waals surface area contributed by atoms with Crippen LogP contribution in [0, 0.1) is 0 Å². The number of aliphatic carboxylic acids is 2. The standard InChI is InChI=1S/C27H42N2O6S.CH2O3/c1-2-3-4-5-6-9-20-14-16-21(17-15-20)10-7-12-24(23(30)11-8-13-25(31)32)36-19-22(28)27(35)29-18-26(33)34;2-1(3)4/h7,12,14-17,22-24,30H,2-6,8-11,13,18-19,28H2,1H3,(H,29,35)(H,31,32)(H,33,34);(H2,2,3,4)/b12-7-;/t22-,23-,24+;/m0./s1. The molecule has 0 saturated carbocycles. The van der Waals surface area contributed by atoms with Crippen molar-refractivity contribution in [3.05, 3.63) is 47.5 Å². The molecule has 1 aromatic rings. The van der Waals surface area contributed by atoms with Gasteiger partial charge in [0, 0.05) is 17.4 Å². The van der Waals surface area contributed by atoms with Crippen LogP contribution in [0.1, 0.15) is 69.4 Å². The van der Waals surface area contributed by atoms with E-state index in [4.69, 9.17) is 31.0 Å². The molecule has 0 heterocycles. The SMILES string of the molecule is CCCCCCCc1ccc(C/C=C\[C@@H](SC[C@H](N)C(=O)NCC(=O)O)[C@@H](O)CCCC(=O)O)cc1.O=C(O)O. The first-order valence-corrected chi connectivity index (χ1v) is 14.4. The van der Waals surface area contributed by atoms with Gasteiger partial charge in [-0.3, -0.25) is 14.4 Å². The third kappa shape index (κ3) is 20.8. The van der Waals surface area contributed by atoms with Crippen molar-refractivity contribution in [3.8, 4) is 0 Å². The molecular formula is C28H44N2O9S. The van der Waals surface area contributed by atoms with Crippen molar-refractivity contribution in [1.82, 2.24) is 5.32 Å². The molecule has 0 aliphatic heterocycles. The molecule has 0 saturated heterocycles. The second-order valence-electron chi connectivity index (χ2n) is 9.26. The highest BCUT2D eigenvalue weighted by molar-refractivity contribution is 8.00. The van der Waals surface area contributed by atoms with Crippen molar-refractivity contribution in [2.24, 2.45) is 5.73 Å². The molecule has 11 nitrogen and oxygen atoms in total. The summed E-state index contributed by atoms with van der Waals surface area (Å²) in [6.45, 7) is 1.71. The molecule has 12 heteroatoms. The number of carboxylic acid groups (broad SMARTS) is 4. The fourth-order valence-electron chi connectivity index (χ4n) is 3.62. The molecule has 8 N–H and O–H groups in total. The minimum atomic E-state index is -1.83. The molecule has 0 aliphatic carbocycles. The predicted octanol–water partition coefficient (Wildman–Crippen LogP) is 3.77. The van der Waals surface area contributed by atoms with Gasteiger partial charge >= 0.3 is 18.1 Å². The third-order valence-corrected chi connectivity index (χ3v) is 7.17. The first-order valence-electron chi connectivity index (χ1n) is 13.4. The number of unbranched alkanes of at least 4 members (excludes halogenated alkanes) is 4. The Morgan fingerprint density at radius 2 is 1.52 bits per heavy atom. The Kier molecular flexibility index (Phi) is 20.9. The Balaban J connectivity index is 0.00000354. The molecule has 40 heavy (non-hydrogen) atoms. The van der Waals surface area contributed by atoms with Gasteiger partial charge in [0.05, 0.1) is 12.1 Å². The Morgan fingerprint density at radius 1 is 0.925 bits per heavy atom. The number of aliphatic hydroxyl groups excluding tert-OH is 1. The average Bonchev–Trinajstić information content (AvgIpc) is 2.89. The number of rotatable bonds is 20. The van der Waals surface area contributed by atoms with Gasteiger partial charge in [-0.25, -0.2) is 4.79 Å². The van der Waals surface area contributed by atoms with Crippen molar-refractivity contribution in [1.29, 1.82) is 0 Å². The van der Waals surface area contributed by atoms with Gasteiger partial charge in [-0.1, -0.05) is 69.0 Å². The maximum atomic E-state index is 12.0. The molecule has 0 radical (unpaired) electrons. The van der Waals surface area contributed by atoms with Crippen LogP contribution in [0.3, 0.4) is 0 Å². The van der Waals surface area contributed by atoms with Gasteiger partial charge in [-0.05, 0) is 43.2 Å². The molecule has 0 aromatic heterocycles. The van der Waals surface area contributed by atoms with E-state index in [0.29, 0.717) is 19.3 Å². The van der Waals surface area contributed by atoms with E-state index < -0.39 is 42.7 Å². The van der Waals surface area contributed by atoms with Crippen LogP contribution in [0.2, 0.25) is 0 Å². The highest BCUT2D eigenvalue weighted by Crippen LogP contribution is 2.22. The smallest absolute Gasteiger partial charge is 0.481 e. The van der Waals surface area contributed by atoms with Crippen LogP contribution in [-0.4, -0.2) is 79.2 Å². The van der Waals surface area contributed by atoms with Crippen LogP contribution in [0.25, 0.3) is 0 Å². The molecule has 0 aliphatic rings. The summed E-state index contributed by atoms with van der Waals surface area (Å²) in [6, 6.07) is 7.61. The first kappa shape index (κ1) is 36.9. The van der Waals surface area contributed by atoms with Gasteiger partial charge in [0.1, 0.15) is 6.54 Å². The number of aliphatic hydroxyl groups is 1. The van der Waals surface area contributed by atoms with Crippen LogP contribution in [0.4, 0.5) is 4.79 Å². The molecule has 0 spiro atoms. The van der Waals surface area contributed by atoms with Gasteiger partial charge < -0.3 is 36.6 Å². The zero-order chi connectivity index (χ0) is 30.3. The number of hydrogen-bond donors (Lipinski definition) is 7. The molecule has 0 fully saturated rings. The van der Waals surface area contributed by atoms with Gasteiger partial charge in [-0.15, -0.1) is 11.8 Å². The summed E-state index contributed by atoms with van der Waals surface area (Å²) in [5.74, 6) is -2.46. The molecule has 1 aromatic carbocycles. The van der Waals surface area contributed by atoms with Crippen LogP contribution in [0.15, 0.2) is 36.4 Å². The number of nitrogens with two attached hydrogens (primary N) is 1. The molecule has 1 rings (SSSR count). The molecule has 0 bridgehead atoms. The monoisotopic (exact) mass is 584 g/mol. The lowest BCUT2D eigenvalue weighted by molar-refractivity contribution is -0.138. The third-order valence-electron chi connectivity index (χ3n) is 5.76. The minimum absolute atomic E-state index is 0.0276. The van der Waals surface area contributed by atoms with E-state index in [1.165, 1.54) is 49.4 Å². The fraction of sp³-hybridized carbons (Fsp3) is 0.571. The maximum Gasteiger partial charge on any atom is 0.503 e. The zero-order valence-corrected chi connectivity index (χ0v) is 23.9. The summed E-state index contributed by atoms with van der Waals surface area (Å²) in [5, 5.41) is 44.0. The van der Waals surface area contributed by atoms with E-state index in [9.17, 15) is 19.5 Å². The summed E-state index contributed by atoms with van der Waals surface area (Å²) >= 11 is 1.29. The van der Waals surface area contributed by atoms with Gasteiger partial charge in [-0.2, -0.15) is 0 Å². The molecule has 226 valence electrons. The minimum Gasteiger partial charge on any atom is -0.481 e. The van der Waals surface area contributed by atoms with Crippen molar-refractivity contribution >= 4 is 35.8 Å². The summed E-state index contributed by atoms with van der Waals surface area (Å²) in [7, 11) is 0. The van der Waals surface area contributed by atoms with Crippen molar-refractivity contribution in [2.45, 2.75) is 88.5 Å². The van der Waals surface area contributed by atoms with Gasteiger partial charge in [0.25, 0.3) is 0 Å². The Labute approximate surface area is 239 Å². The fourth-order valence-corrected chi connectivity index (χ4v) is 4.78. The van der Waals surface area contributed by atoms with E-state index in [2.05, 4.69) is 36.5 Å². The average molecular weight is 585 g/mol. The normalized spacial score (nSPS) is 13.1. The summed E-state index contributed by atoms with van der Waals surface area (Å²) in [4.78, 5) is 41.9. The number of thioether (sulfide) groups is 1. The van der Waals surface area contributed by atoms with Crippen molar-refractivity contribution < 1.29 is 44.7 Å². The van der Waals surface area contributed by atoms with Crippen molar-refractivity contribution in [3.63, 3.8) is 0 Å². The van der Waals surface area contributed by atoms with Crippen LogP contribution in [-0.2, 0) is 27.2 Å². The molecular weight excluding hydrogens is 540 g/mol. The quantitative estimate of drug-likeness (QED) is 0.0867. The second-order valence-corrected chi connectivity index (χ2v) is 10.5. The largest absolute Gasteiger partial charge is 0.503 e. The first-order chi connectivity index (χ1) is 19.0. The lowest BCUT2D eigenvalue weighted by atomic mass is 10.0. The summed E-state index contributed by atoms with van der Waals surface area (Å²) in [5.41, 5.74) is 8.35. The van der Waals surface area contributed by atoms with Crippen LogP contribution in [0.5, 0.6) is 0 Å². The number of carboxylic acids is 2. The Morgan fingerprint density at radius 3 is 2.10 bits per heavy atom. The lowest BCUT2D eigenvalue weighted by Gasteiger charge is -2.21. The summed E-state index contributed by atoms with van der Waals surface area (Å²) < 4.78 is 0. The Hall–Kier alpha value is -3.09. The molecule has 1 amide bonds. The summed E-state index contributed by atoms with van der Waals surface area (Å²) in [6.07, 6.45) is 9.89. The van der Waals surface area contributed by atoms with Gasteiger partial charge in [0.2, 0.25) is 5.91 Å². The van der Waals surface area contributed by atoms with E-state index in [1.807, 2.05) is 12.2 Å². The van der Waals surface area contributed by atoms with Crippen LogP contribution >= 0.6 is 11.8 Å². The number of nitrogens with one attached hydrogen (secondary N) is 1. The van der Waals surface area contributed by atoms with E-state index in [-0.39, 0.29) is 17.4 Å². The lowest BCUT2D eigenvalue weighted by Crippen LogP contribution is -2.44. The Bertz CT molecular complexity index is 906. The topological polar surface area (TPSA) is 207 Å². The molecule has 3 atom stereocenters. The highest BCUT2D eigenvalue weighted by atomic mass is 32.2. The second kappa shape index (κ2) is 22.7. The zero-order valence-electron chi connectivity index (χ0n) is 23.0. The predicted molar refractivity (Wildman–Crippen MR) is 155 cm³/mol. The number of aryl methyl sites for hydroxylation is 1. The van der Waals surface area contributed by atoms with E-state index in [0.717, 1.165) is 12.0 Å². The number of allylic oxidation sites excluding steroid dienone is 1. The van der Waals surface area contributed by atoms with Crippen LogP contribution < -0.4 is 11.1 Å². The van der Waals surface area contributed by atoms with Gasteiger partial charge in [0.15, 0.2) is 0 Å². The van der Waals surface area contributed by atoms with E-state index in [1.54, 1.807) is 0 Å². The van der Waals surface area contributed by atoms with Crippen molar-refractivity contribution in [2.75, 3.05) is 12.3 Å². The molecule has 0 unspecified atom stereocenters. The highest BCUT2D eigenvalue weighted by Gasteiger charge is 2.21. The number of carbonyl (C=O) groups is 4. The maximum absolute atomic E-state index is 12.0. The van der Waals surface area contributed by atoms with E-state index >= 15 is 0 Å². The number of amides is 1.